The van der Waals surface area contributed by atoms with Gasteiger partial charge < -0.3 is 15.2 Å². The molecule has 6 heteroatoms. The fourth-order valence-electron chi connectivity index (χ4n) is 2.52. The summed E-state index contributed by atoms with van der Waals surface area (Å²) >= 11 is 5.92. The van der Waals surface area contributed by atoms with Gasteiger partial charge in [0.15, 0.2) is 6.61 Å². The molecule has 0 atom stereocenters. The van der Waals surface area contributed by atoms with Crippen molar-refractivity contribution >= 4 is 29.2 Å². The van der Waals surface area contributed by atoms with Crippen molar-refractivity contribution in [2.45, 2.75) is 12.8 Å². The fraction of sp³-hybridized carbons (Fsp3) is 0.176. The van der Waals surface area contributed by atoms with Crippen LogP contribution in [0.3, 0.4) is 0 Å². The normalized spacial score (nSPS) is 13.2. The van der Waals surface area contributed by atoms with Gasteiger partial charge in [0.1, 0.15) is 5.75 Å². The maximum Gasteiger partial charge on any atom is 0.341 e. The molecule has 2 N–H and O–H groups in total. The van der Waals surface area contributed by atoms with E-state index >= 15 is 0 Å². The van der Waals surface area contributed by atoms with Gasteiger partial charge in [-0.1, -0.05) is 23.7 Å². The van der Waals surface area contributed by atoms with Gasteiger partial charge in [-0.2, -0.15) is 0 Å². The van der Waals surface area contributed by atoms with Gasteiger partial charge in [-0.15, -0.1) is 0 Å². The van der Waals surface area contributed by atoms with Gasteiger partial charge >= 0.3 is 5.97 Å². The molecular formula is C17H14ClNO4. The molecule has 118 valence electrons. The topological polar surface area (TPSA) is 75.6 Å². The molecule has 2 aromatic rings. The number of halogens is 1. The number of anilines is 1. The minimum atomic E-state index is -1.06. The third-order valence-corrected chi connectivity index (χ3v) is 3.86. The zero-order valence-electron chi connectivity index (χ0n) is 12.1. The number of aliphatic carboxylic acids is 1. The van der Waals surface area contributed by atoms with Gasteiger partial charge in [0.05, 0.1) is 0 Å². The Morgan fingerprint density at radius 3 is 2.65 bits per heavy atom. The van der Waals surface area contributed by atoms with Crippen LogP contribution in [0.2, 0.25) is 5.02 Å². The third-order valence-electron chi connectivity index (χ3n) is 3.61. The van der Waals surface area contributed by atoms with Crippen LogP contribution < -0.4 is 10.1 Å². The molecule has 3 rings (SSSR count). The number of carboxylic acids is 1. The van der Waals surface area contributed by atoms with E-state index in [2.05, 4.69) is 5.32 Å². The molecule has 1 amide bonds. The smallest absolute Gasteiger partial charge is 0.341 e. The third kappa shape index (κ3) is 3.46. The number of hydrogen-bond acceptors (Lipinski definition) is 3. The van der Waals surface area contributed by atoms with Crippen LogP contribution in [0.5, 0.6) is 5.75 Å². The molecule has 0 bridgehead atoms. The van der Waals surface area contributed by atoms with Gasteiger partial charge in [-0.05, 0) is 35.7 Å². The molecule has 2 aromatic carbocycles. The highest BCUT2D eigenvalue weighted by Crippen LogP contribution is 2.37. The van der Waals surface area contributed by atoms with Crippen LogP contribution in [0.4, 0.5) is 5.69 Å². The number of benzene rings is 2. The van der Waals surface area contributed by atoms with E-state index in [9.17, 15) is 9.59 Å². The average Bonchev–Trinajstić information content (AvgIpc) is 2.53. The summed E-state index contributed by atoms with van der Waals surface area (Å²) in [5.74, 6) is -0.703. The predicted molar refractivity (Wildman–Crippen MR) is 87.0 cm³/mol. The number of aryl methyl sites for hydroxylation is 1. The number of ether oxygens (including phenoxy) is 1. The summed E-state index contributed by atoms with van der Waals surface area (Å²) in [6, 6.07) is 10.8. The maximum atomic E-state index is 11.5. The van der Waals surface area contributed by atoms with E-state index in [4.69, 9.17) is 21.4 Å². The van der Waals surface area contributed by atoms with Gasteiger partial charge in [-0.25, -0.2) is 4.79 Å². The number of carbonyl (C=O) groups is 2. The summed E-state index contributed by atoms with van der Waals surface area (Å²) in [5, 5.41) is 12.2. The van der Waals surface area contributed by atoms with Crippen LogP contribution in [0.25, 0.3) is 11.1 Å². The molecule has 0 fully saturated rings. The number of rotatable bonds is 4. The maximum absolute atomic E-state index is 11.5. The lowest BCUT2D eigenvalue weighted by Crippen LogP contribution is -2.19. The molecule has 0 aromatic heterocycles. The molecule has 0 aliphatic carbocycles. The Morgan fingerprint density at radius 2 is 1.96 bits per heavy atom. The van der Waals surface area contributed by atoms with Crippen molar-refractivity contribution < 1.29 is 19.4 Å². The summed E-state index contributed by atoms with van der Waals surface area (Å²) in [6.45, 7) is -0.451. The van der Waals surface area contributed by atoms with Crippen molar-refractivity contribution in [2.24, 2.45) is 0 Å². The van der Waals surface area contributed by atoms with E-state index in [1.807, 2.05) is 18.2 Å². The van der Waals surface area contributed by atoms with E-state index in [1.165, 1.54) is 0 Å². The SMILES string of the molecule is O=C(O)COc1cc2c(cc1-c1ccc(Cl)cc1)CCC(=O)N2. The fourth-order valence-corrected chi connectivity index (χ4v) is 2.65. The molecule has 0 spiro atoms. The standard InChI is InChI=1S/C17H14ClNO4/c18-12-4-1-10(2-5-12)13-7-11-3-6-16(20)19-14(11)8-15(13)23-9-17(21)22/h1-2,4-5,7-8H,3,6,9H2,(H,19,20)(H,21,22). The summed E-state index contributed by atoms with van der Waals surface area (Å²) < 4.78 is 5.40. The molecule has 1 aliphatic rings. The number of carbonyl (C=O) groups excluding carboxylic acids is 1. The lowest BCUT2D eigenvalue weighted by Gasteiger charge is -2.20. The molecule has 0 radical (unpaired) electrons. The summed E-state index contributed by atoms with van der Waals surface area (Å²) in [5.41, 5.74) is 3.31. The number of hydrogen-bond donors (Lipinski definition) is 2. The van der Waals surface area contributed by atoms with Gasteiger partial charge in [-0.3, -0.25) is 4.79 Å². The molecule has 0 saturated heterocycles. The predicted octanol–water partition coefficient (Wildman–Crippen LogP) is 3.36. The highest BCUT2D eigenvalue weighted by molar-refractivity contribution is 6.30. The summed E-state index contributed by atoms with van der Waals surface area (Å²) in [6.07, 6.45) is 1.07. The monoisotopic (exact) mass is 331 g/mol. The molecule has 0 unspecified atom stereocenters. The van der Waals surface area contributed by atoms with Crippen molar-refractivity contribution in [3.63, 3.8) is 0 Å². The van der Waals surface area contributed by atoms with Crippen molar-refractivity contribution in [1.29, 1.82) is 0 Å². The Balaban J connectivity index is 2.06. The highest BCUT2D eigenvalue weighted by Gasteiger charge is 2.19. The molecule has 1 heterocycles. The summed E-state index contributed by atoms with van der Waals surface area (Å²) in [4.78, 5) is 22.3. The number of amides is 1. The molecule has 1 aliphatic heterocycles. The number of fused-ring (bicyclic) bond motifs is 1. The van der Waals surface area contributed by atoms with Crippen LogP contribution in [-0.4, -0.2) is 23.6 Å². The quantitative estimate of drug-likeness (QED) is 0.900. The Bertz CT molecular complexity index is 771. The molecular weight excluding hydrogens is 318 g/mol. The van der Waals surface area contributed by atoms with Crippen molar-refractivity contribution in [2.75, 3.05) is 11.9 Å². The average molecular weight is 332 g/mol. The zero-order valence-corrected chi connectivity index (χ0v) is 12.9. The van der Waals surface area contributed by atoms with E-state index in [0.717, 1.165) is 16.7 Å². The second kappa shape index (κ2) is 6.30. The van der Waals surface area contributed by atoms with Gasteiger partial charge in [0.2, 0.25) is 5.91 Å². The lowest BCUT2D eigenvalue weighted by atomic mass is 9.96. The van der Waals surface area contributed by atoms with Crippen LogP contribution in [0, 0.1) is 0 Å². The number of carboxylic acid groups (broad SMARTS) is 1. The van der Waals surface area contributed by atoms with Crippen molar-refractivity contribution in [3.05, 3.63) is 47.0 Å². The van der Waals surface area contributed by atoms with Crippen molar-refractivity contribution in [1.82, 2.24) is 0 Å². The molecule has 0 saturated carbocycles. The van der Waals surface area contributed by atoms with Crippen LogP contribution in [-0.2, 0) is 16.0 Å². The first-order chi connectivity index (χ1) is 11.0. The Labute approximate surface area is 137 Å². The van der Waals surface area contributed by atoms with Gasteiger partial charge in [0, 0.05) is 28.8 Å². The Morgan fingerprint density at radius 1 is 1.22 bits per heavy atom. The Kier molecular flexibility index (Phi) is 4.21. The molecule has 23 heavy (non-hydrogen) atoms. The van der Waals surface area contributed by atoms with E-state index < -0.39 is 12.6 Å². The second-order valence-corrected chi connectivity index (χ2v) is 5.68. The Hall–Kier alpha value is -2.53. The first-order valence-corrected chi connectivity index (χ1v) is 7.48. The van der Waals surface area contributed by atoms with Crippen LogP contribution in [0.15, 0.2) is 36.4 Å². The second-order valence-electron chi connectivity index (χ2n) is 5.24. The highest BCUT2D eigenvalue weighted by atomic mass is 35.5. The summed E-state index contributed by atoms with van der Waals surface area (Å²) in [7, 11) is 0. The largest absolute Gasteiger partial charge is 0.481 e. The van der Waals surface area contributed by atoms with E-state index in [-0.39, 0.29) is 5.91 Å². The first kappa shape index (κ1) is 15.4. The number of nitrogens with one attached hydrogen (secondary N) is 1. The van der Waals surface area contributed by atoms with Crippen molar-refractivity contribution in [3.8, 4) is 16.9 Å². The van der Waals surface area contributed by atoms with E-state index in [1.54, 1.807) is 18.2 Å². The first-order valence-electron chi connectivity index (χ1n) is 7.10. The van der Waals surface area contributed by atoms with Crippen LogP contribution >= 0.6 is 11.6 Å². The van der Waals surface area contributed by atoms with E-state index in [0.29, 0.717) is 29.3 Å². The van der Waals surface area contributed by atoms with Gasteiger partial charge in [0.25, 0.3) is 0 Å². The minimum Gasteiger partial charge on any atom is -0.481 e. The minimum absolute atomic E-state index is 0.0547. The molecule has 5 nitrogen and oxygen atoms in total. The van der Waals surface area contributed by atoms with Crippen LogP contribution in [0.1, 0.15) is 12.0 Å². The lowest BCUT2D eigenvalue weighted by molar-refractivity contribution is -0.139. The zero-order chi connectivity index (χ0) is 16.4.